The zero-order chi connectivity index (χ0) is 30.3. The van der Waals surface area contributed by atoms with Crippen molar-refractivity contribution in [1.82, 2.24) is 30.2 Å². The summed E-state index contributed by atoms with van der Waals surface area (Å²) in [4.78, 5) is 52.7. The van der Waals surface area contributed by atoms with Crippen molar-refractivity contribution in [3.63, 3.8) is 0 Å². The smallest absolute Gasteiger partial charge is 0.407 e. The van der Waals surface area contributed by atoms with Gasteiger partial charge in [-0.15, -0.1) is 0 Å². The number of nitrogens with one attached hydrogen (secondary N) is 2. The normalized spacial score (nSPS) is 16.1. The SMILES string of the molecule is CNCCCOCCOCCOCCCNC(=O)CN1CCN(CC(=O)O)CCN(C(=O)O)CCN(C(=O)O)CC1. The van der Waals surface area contributed by atoms with Crippen molar-refractivity contribution in [3.05, 3.63) is 0 Å². The summed E-state index contributed by atoms with van der Waals surface area (Å²) in [6.07, 6.45) is -0.808. The van der Waals surface area contributed by atoms with E-state index in [0.29, 0.717) is 59.2 Å². The van der Waals surface area contributed by atoms with Crippen LogP contribution < -0.4 is 10.6 Å². The molecule has 0 atom stereocenters. The number of carbonyl (C=O) groups is 4. The highest BCUT2D eigenvalue weighted by Gasteiger charge is 2.22. The number of nitrogens with zero attached hydrogens (tertiary/aromatic N) is 4. The second kappa shape index (κ2) is 22.9. The van der Waals surface area contributed by atoms with Crippen molar-refractivity contribution in [2.75, 3.05) is 125 Å². The minimum atomic E-state index is -1.20. The molecule has 0 unspecified atom stereocenters. The summed E-state index contributed by atoms with van der Waals surface area (Å²) in [5.74, 6) is -1.28. The Morgan fingerprint density at radius 1 is 0.610 bits per heavy atom. The number of ether oxygens (including phenoxy) is 3. The van der Waals surface area contributed by atoms with Crippen LogP contribution in [0, 0.1) is 0 Å². The molecule has 1 heterocycles. The molecule has 16 nitrogen and oxygen atoms in total. The molecule has 0 aromatic heterocycles. The summed E-state index contributed by atoms with van der Waals surface area (Å²) in [6.45, 7) is 5.21. The maximum absolute atomic E-state index is 12.6. The molecule has 0 saturated carbocycles. The lowest BCUT2D eigenvalue weighted by atomic mass is 10.3. The highest BCUT2D eigenvalue weighted by molar-refractivity contribution is 5.78. The molecule has 0 aromatic carbocycles. The van der Waals surface area contributed by atoms with Gasteiger partial charge in [0.2, 0.25) is 5.91 Å². The van der Waals surface area contributed by atoms with Gasteiger partial charge in [0.15, 0.2) is 0 Å². The van der Waals surface area contributed by atoms with Crippen LogP contribution in [-0.2, 0) is 23.8 Å². The average Bonchev–Trinajstić information content (AvgIpc) is 2.91. The van der Waals surface area contributed by atoms with Crippen molar-refractivity contribution in [2.45, 2.75) is 12.8 Å². The minimum absolute atomic E-state index is 0.0152. The van der Waals surface area contributed by atoms with Crippen molar-refractivity contribution < 1.29 is 48.7 Å². The van der Waals surface area contributed by atoms with Crippen molar-refractivity contribution in [1.29, 1.82) is 0 Å². The number of hydrogen-bond donors (Lipinski definition) is 5. The van der Waals surface area contributed by atoms with Gasteiger partial charge in [0.05, 0.1) is 39.5 Å². The van der Waals surface area contributed by atoms with E-state index in [1.165, 1.54) is 0 Å². The van der Waals surface area contributed by atoms with Crippen LogP contribution in [0.2, 0.25) is 0 Å². The number of amides is 3. The molecular formula is C25H48N6O10. The third kappa shape index (κ3) is 19.1. The Morgan fingerprint density at radius 2 is 1.02 bits per heavy atom. The summed E-state index contributed by atoms with van der Waals surface area (Å²) in [6, 6.07) is 0. The molecule has 0 aliphatic carbocycles. The summed E-state index contributed by atoms with van der Waals surface area (Å²) >= 11 is 0. The van der Waals surface area contributed by atoms with E-state index in [4.69, 9.17) is 14.2 Å². The lowest BCUT2D eigenvalue weighted by Crippen LogP contribution is -2.50. The Balaban J connectivity index is 2.39. The molecule has 238 valence electrons. The molecule has 0 bridgehead atoms. The van der Waals surface area contributed by atoms with Gasteiger partial charge in [0, 0.05) is 72.1 Å². The van der Waals surface area contributed by atoms with Crippen LogP contribution >= 0.6 is 0 Å². The third-order valence-corrected chi connectivity index (χ3v) is 6.26. The number of hydrogen-bond acceptors (Lipinski definition) is 10. The van der Waals surface area contributed by atoms with Gasteiger partial charge in [-0.25, -0.2) is 9.59 Å². The van der Waals surface area contributed by atoms with Gasteiger partial charge >= 0.3 is 18.2 Å². The summed E-state index contributed by atoms with van der Waals surface area (Å²) < 4.78 is 16.4. The first-order valence-electron chi connectivity index (χ1n) is 14.0. The first-order valence-corrected chi connectivity index (χ1v) is 14.0. The Hall–Kier alpha value is -2.76. The minimum Gasteiger partial charge on any atom is -0.480 e. The van der Waals surface area contributed by atoms with Crippen molar-refractivity contribution >= 4 is 24.1 Å². The Bertz CT molecular complexity index is 762. The molecule has 5 N–H and O–H groups in total. The highest BCUT2D eigenvalue weighted by Crippen LogP contribution is 2.02. The van der Waals surface area contributed by atoms with Crippen LogP contribution in [0.1, 0.15) is 12.8 Å². The van der Waals surface area contributed by atoms with Crippen LogP contribution in [0.3, 0.4) is 0 Å². The standard InChI is InChI=1S/C25H48N6O10/c1-26-4-2-14-39-16-18-41-19-17-40-15-3-5-27-22(32)20-28-6-7-29(21-23(33)34)9-11-31(25(37)38)13-12-30(10-8-28)24(35)36/h26H,2-21H2,1H3,(H,27,32)(H,33,34)(H,35,36)(H,37,38). The van der Waals surface area contributed by atoms with Crippen molar-refractivity contribution in [2.24, 2.45) is 0 Å². The van der Waals surface area contributed by atoms with Crippen LogP contribution in [0.5, 0.6) is 0 Å². The number of aliphatic carboxylic acids is 1. The van der Waals surface area contributed by atoms with E-state index in [1.54, 1.807) is 9.80 Å². The Morgan fingerprint density at radius 3 is 1.49 bits per heavy atom. The van der Waals surface area contributed by atoms with E-state index in [1.807, 2.05) is 7.05 Å². The quantitative estimate of drug-likeness (QED) is 0.119. The van der Waals surface area contributed by atoms with E-state index < -0.39 is 18.2 Å². The first kappa shape index (κ1) is 36.3. The second-order valence-corrected chi connectivity index (χ2v) is 9.48. The largest absolute Gasteiger partial charge is 0.480 e. The zero-order valence-corrected chi connectivity index (χ0v) is 24.1. The second-order valence-electron chi connectivity index (χ2n) is 9.48. The van der Waals surface area contributed by atoms with Crippen LogP contribution in [0.15, 0.2) is 0 Å². The maximum atomic E-state index is 12.6. The molecule has 1 fully saturated rings. The molecule has 16 heteroatoms. The fourth-order valence-electron chi connectivity index (χ4n) is 3.94. The Labute approximate surface area is 241 Å². The fourth-order valence-corrected chi connectivity index (χ4v) is 3.94. The van der Waals surface area contributed by atoms with Gasteiger partial charge in [-0.1, -0.05) is 0 Å². The van der Waals surface area contributed by atoms with E-state index in [9.17, 15) is 34.5 Å². The molecule has 1 rings (SSSR count). The molecule has 1 aliphatic heterocycles. The first-order chi connectivity index (χ1) is 19.7. The van der Waals surface area contributed by atoms with E-state index in [-0.39, 0.29) is 64.8 Å². The predicted octanol–water partition coefficient (Wildman–Crippen LogP) is -1.19. The van der Waals surface area contributed by atoms with E-state index in [2.05, 4.69) is 10.6 Å². The maximum Gasteiger partial charge on any atom is 0.407 e. The molecule has 1 aliphatic rings. The lowest BCUT2D eigenvalue weighted by molar-refractivity contribution is -0.138. The van der Waals surface area contributed by atoms with Crippen molar-refractivity contribution in [3.8, 4) is 0 Å². The number of rotatable bonds is 18. The third-order valence-electron chi connectivity index (χ3n) is 6.26. The topological polar surface area (TPSA) is 194 Å². The molecule has 0 radical (unpaired) electrons. The van der Waals surface area contributed by atoms with Gasteiger partial charge in [0.1, 0.15) is 0 Å². The van der Waals surface area contributed by atoms with E-state index in [0.717, 1.165) is 22.8 Å². The molecule has 3 amide bonds. The molecule has 41 heavy (non-hydrogen) atoms. The fraction of sp³-hybridized carbons (Fsp3) is 0.840. The summed E-state index contributed by atoms with van der Waals surface area (Å²) in [5.41, 5.74) is 0. The average molecular weight is 593 g/mol. The highest BCUT2D eigenvalue weighted by atomic mass is 16.5. The zero-order valence-electron chi connectivity index (χ0n) is 24.1. The van der Waals surface area contributed by atoms with Crippen LogP contribution in [0.25, 0.3) is 0 Å². The van der Waals surface area contributed by atoms with Crippen LogP contribution in [-0.4, -0.2) is 184 Å². The predicted molar refractivity (Wildman–Crippen MR) is 148 cm³/mol. The van der Waals surface area contributed by atoms with Crippen LogP contribution in [0.4, 0.5) is 9.59 Å². The van der Waals surface area contributed by atoms with Gasteiger partial charge in [-0.05, 0) is 26.4 Å². The Kier molecular flexibility index (Phi) is 20.2. The van der Waals surface area contributed by atoms with Gasteiger partial charge in [-0.2, -0.15) is 0 Å². The van der Waals surface area contributed by atoms with Gasteiger partial charge in [-0.3, -0.25) is 19.4 Å². The molecule has 0 aromatic rings. The van der Waals surface area contributed by atoms with Gasteiger partial charge in [0.25, 0.3) is 0 Å². The monoisotopic (exact) mass is 592 g/mol. The number of carboxylic acids is 1. The summed E-state index contributed by atoms with van der Waals surface area (Å²) in [7, 11) is 1.90. The molecule has 1 saturated heterocycles. The van der Waals surface area contributed by atoms with E-state index >= 15 is 0 Å². The number of carbonyl (C=O) groups excluding carboxylic acids is 1. The molecule has 0 spiro atoms. The lowest BCUT2D eigenvalue weighted by Gasteiger charge is -2.32. The number of carboxylic acid groups (broad SMARTS) is 3. The van der Waals surface area contributed by atoms with Gasteiger partial charge < -0.3 is 50.0 Å². The summed E-state index contributed by atoms with van der Waals surface area (Å²) in [5, 5.41) is 34.1. The molecular weight excluding hydrogens is 544 g/mol.